The van der Waals surface area contributed by atoms with Gasteiger partial charge in [0.1, 0.15) is 11.4 Å². The third-order valence-corrected chi connectivity index (χ3v) is 4.93. The average molecular weight is 404 g/mol. The van der Waals surface area contributed by atoms with Gasteiger partial charge in [0.05, 0.1) is 10.9 Å². The van der Waals surface area contributed by atoms with E-state index in [9.17, 15) is 27.9 Å². The van der Waals surface area contributed by atoms with E-state index >= 15 is 0 Å². The molecule has 1 aliphatic rings. The lowest BCUT2D eigenvalue weighted by atomic mass is 9.97. The number of aromatic carboxylic acids is 1. The Morgan fingerprint density at radius 2 is 1.93 bits per heavy atom. The molecule has 0 amide bonds. The van der Waals surface area contributed by atoms with Crippen LogP contribution in [0.5, 0.6) is 0 Å². The number of hydrogen-bond acceptors (Lipinski definition) is 5. The van der Waals surface area contributed by atoms with Crippen LogP contribution in [0.4, 0.5) is 19.0 Å². The van der Waals surface area contributed by atoms with Crippen molar-refractivity contribution in [2.45, 2.75) is 19.4 Å². The maximum Gasteiger partial charge on any atom is 0.341 e. The first-order chi connectivity index (χ1) is 13.8. The van der Waals surface area contributed by atoms with Crippen LogP contribution in [0.3, 0.4) is 0 Å². The molecule has 3 aromatic rings. The zero-order chi connectivity index (χ0) is 20.9. The molecule has 4 N–H and O–H groups in total. The van der Waals surface area contributed by atoms with Gasteiger partial charge >= 0.3 is 5.97 Å². The summed E-state index contributed by atoms with van der Waals surface area (Å²) in [6, 6.07) is 1.46. The first-order valence-corrected chi connectivity index (χ1v) is 8.75. The van der Waals surface area contributed by atoms with Gasteiger partial charge in [-0.2, -0.15) is 0 Å². The molecule has 4 rings (SSSR count). The minimum Gasteiger partial charge on any atom is -0.477 e. The number of nitrogens with one attached hydrogen (secondary N) is 1. The number of hydrogen-bond donors (Lipinski definition) is 3. The molecular weight excluding hydrogens is 389 g/mol. The van der Waals surface area contributed by atoms with Gasteiger partial charge in [0.2, 0.25) is 5.43 Å². The number of anilines is 1. The van der Waals surface area contributed by atoms with Gasteiger partial charge in [-0.05, 0) is 31.0 Å². The van der Waals surface area contributed by atoms with Gasteiger partial charge in [0, 0.05) is 24.4 Å². The van der Waals surface area contributed by atoms with E-state index in [1.165, 1.54) is 0 Å². The van der Waals surface area contributed by atoms with Gasteiger partial charge in [0.15, 0.2) is 23.3 Å². The molecule has 0 fully saturated rings. The topological polar surface area (TPSA) is 110 Å². The number of rotatable bonds is 2. The van der Waals surface area contributed by atoms with Crippen LogP contribution in [0.1, 0.15) is 27.9 Å². The van der Waals surface area contributed by atoms with Gasteiger partial charge in [-0.3, -0.25) is 9.36 Å². The third kappa shape index (κ3) is 3.01. The standard InChI is InChI=1S/C19H15F3N4O3/c20-12-4-9-15(8-2-1-3-24-6-10(8)12)26(7-11(16(9)27)19(28)29)18-14(22)5-13(21)17(23)25-18/h4-5,7,24H,1-3,6H2,(H2,23,25)(H,28,29). The number of carboxylic acids is 1. The molecule has 0 saturated carbocycles. The van der Waals surface area contributed by atoms with Crippen LogP contribution in [0, 0.1) is 17.5 Å². The number of nitrogens with zero attached hydrogens (tertiary/aromatic N) is 2. The highest BCUT2D eigenvalue weighted by Gasteiger charge is 2.25. The van der Waals surface area contributed by atoms with E-state index in [2.05, 4.69) is 10.3 Å². The Kier molecular flexibility index (Phi) is 4.50. The van der Waals surface area contributed by atoms with Crippen LogP contribution >= 0.6 is 0 Å². The second-order valence-electron chi connectivity index (χ2n) is 6.70. The SMILES string of the molecule is Nc1nc(-n2cc(C(=O)O)c(=O)c3cc(F)c4c(c32)CCCNC4)c(F)cc1F. The monoisotopic (exact) mass is 404 g/mol. The molecule has 1 aliphatic heterocycles. The smallest absolute Gasteiger partial charge is 0.341 e. The number of benzene rings is 1. The lowest BCUT2D eigenvalue weighted by Crippen LogP contribution is -2.21. The number of fused-ring (bicyclic) bond motifs is 3. The van der Waals surface area contributed by atoms with E-state index in [0.29, 0.717) is 36.6 Å². The summed E-state index contributed by atoms with van der Waals surface area (Å²) in [6.07, 6.45) is 1.88. The van der Waals surface area contributed by atoms with Crippen LogP contribution in [0.2, 0.25) is 0 Å². The van der Waals surface area contributed by atoms with Crippen LogP contribution in [-0.2, 0) is 13.0 Å². The van der Waals surface area contributed by atoms with Crippen molar-refractivity contribution in [3.8, 4) is 5.82 Å². The van der Waals surface area contributed by atoms with Gasteiger partial charge in [-0.1, -0.05) is 0 Å². The maximum absolute atomic E-state index is 14.7. The lowest BCUT2D eigenvalue weighted by molar-refractivity contribution is 0.0695. The van der Waals surface area contributed by atoms with E-state index in [0.717, 1.165) is 16.8 Å². The Balaban J connectivity index is 2.21. The first-order valence-electron chi connectivity index (χ1n) is 8.75. The number of aromatic nitrogens is 2. The highest BCUT2D eigenvalue weighted by molar-refractivity contribution is 5.94. The van der Waals surface area contributed by atoms with Crippen LogP contribution in [-0.4, -0.2) is 27.2 Å². The summed E-state index contributed by atoms with van der Waals surface area (Å²) in [5, 5.41) is 12.2. The number of aryl methyl sites for hydroxylation is 1. The highest BCUT2D eigenvalue weighted by Crippen LogP contribution is 2.30. The Bertz CT molecular complexity index is 1240. The zero-order valence-corrected chi connectivity index (χ0v) is 14.9. The number of halogens is 3. The van der Waals surface area contributed by atoms with Crippen LogP contribution < -0.4 is 16.5 Å². The normalized spacial score (nSPS) is 13.9. The second-order valence-corrected chi connectivity index (χ2v) is 6.70. The van der Waals surface area contributed by atoms with Crippen molar-refractivity contribution in [1.82, 2.24) is 14.9 Å². The molecule has 150 valence electrons. The highest BCUT2D eigenvalue weighted by atomic mass is 19.1. The average Bonchev–Trinajstić information content (AvgIpc) is 2.92. The molecule has 3 heterocycles. The number of carboxylic acid groups (broad SMARTS) is 1. The molecular formula is C19H15F3N4O3. The van der Waals surface area contributed by atoms with Crippen LogP contribution in [0.15, 0.2) is 23.1 Å². The van der Waals surface area contributed by atoms with Gasteiger partial charge in [0.25, 0.3) is 0 Å². The predicted octanol–water partition coefficient (Wildman–Crippen LogP) is 2.12. The molecule has 0 aliphatic carbocycles. The molecule has 2 aromatic heterocycles. The Morgan fingerprint density at radius 3 is 2.66 bits per heavy atom. The summed E-state index contributed by atoms with van der Waals surface area (Å²) in [5.74, 6) is -5.51. The fourth-order valence-electron chi connectivity index (χ4n) is 3.60. The van der Waals surface area contributed by atoms with Crippen molar-refractivity contribution in [2.24, 2.45) is 0 Å². The summed E-state index contributed by atoms with van der Waals surface area (Å²) in [7, 11) is 0. The minimum absolute atomic E-state index is 0.123. The van der Waals surface area contributed by atoms with E-state index in [-0.39, 0.29) is 17.4 Å². The summed E-state index contributed by atoms with van der Waals surface area (Å²) >= 11 is 0. The fourth-order valence-corrected chi connectivity index (χ4v) is 3.60. The van der Waals surface area contributed by atoms with Crippen molar-refractivity contribution in [2.75, 3.05) is 12.3 Å². The zero-order valence-electron chi connectivity index (χ0n) is 14.9. The van der Waals surface area contributed by atoms with Gasteiger partial charge in [-0.25, -0.2) is 22.9 Å². The first kappa shape index (κ1) is 18.9. The summed E-state index contributed by atoms with van der Waals surface area (Å²) in [5.41, 5.74) is 4.72. The summed E-state index contributed by atoms with van der Waals surface area (Å²) in [6.45, 7) is 0.788. The summed E-state index contributed by atoms with van der Waals surface area (Å²) < 4.78 is 43.9. The third-order valence-electron chi connectivity index (χ3n) is 4.93. The van der Waals surface area contributed by atoms with Crippen molar-refractivity contribution in [3.05, 3.63) is 62.7 Å². The molecule has 29 heavy (non-hydrogen) atoms. The number of nitrogen functional groups attached to an aromatic ring is 1. The molecule has 0 unspecified atom stereocenters. The van der Waals surface area contributed by atoms with Crippen molar-refractivity contribution in [3.63, 3.8) is 0 Å². The molecule has 0 atom stereocenters. The predicted molar refractivity (Wildman–Crippen MR) is 98.6 cm³/mol. The van der Waals surface area contributed by atoms with E-state index in [1.54, 1.807) is 0 Å². The molecule has 0 bridgehead atoms. The van der Waals surface area contributed by atoms with E-state index < -0.39 is 46.0 Å². The fraction of sp³-hybridized carbons (Fsp3) is 0.211. The number of carbonyl (C=O) groups is 1. The molecule has 0 spiro atoms. The molecule has 0 saturated heterocycles. The maximum atomic E-state index is 14.7. The van der Waals surface area contributed by atoms with Crippen LogP contribution in [0.25, 0.3) is 16.7 Å². The van der Waals surface area contributed by atoms with Gasteiger partial charge in [-0.15, -0.1) is 0 Å². The summed E-state index contributed by atoms with van der Waals surface area (Å²) in [4.78, 5) is 28.0. The second kappa shape index (κ2) is 6.89. The van der Waals surface area contributed by atoms with Gasteiger partial charge < -0.3 is 16.2 Å². The lowest BCUT2D eigenvalue weighted by Gasteiger charge is -2.18. The molecule has 10 heteroatoms. The number of nitrogens with two attached hydrogens (primary N) is 1. The van der Waals surface area contributed by atoms with Crippen molar-refractivity contribution in [1.29, 1.82) is 0 Å². The molecule has 1 aromatic carbocycles. The van der Waals surface area contributed by atoms with Crippen molar-refractivity contribution >= 4 is 22.7 Å². The minimum atomic E-state index is -1.57. The Labute approximate surface area is 161 Å². The van der Waals surface area contributed by atoms with E-state index in [1.807, 2.05) is 0 Å². The molecule has 7 nitrogen and oxygen atoms in total. The number of pyridine rings is 2. The largest absolute Gasteiger partial charge is 0.477 e. The Morgan fingerprint density at radius 1 is 1.17 bits per heavy atom. The van der Waals surface area contributed by atoms with E-state index in [4.69, 9.17) is 5.73 Å². The quantitative estimate of drug-likeness (QED) is 0.604. The molecule has 0 radical (unpaired) electrons. The Hall–Kier alpha value is -3.40. The van der Waals surface area contributed by atoms with Crippen molar-refractivity contribution < 1.29 is 23.1 Å².